The van der Waals surface area contributed by atoms with Crippen LogP contribution in [0.1, 0.15) is 24.5 Å². The summed E-state index contributed by atoms with van der Waals surface area (Å²) in [6, 6.07) is 5.33. The molecule has 194 valence electrons. The molecule has 36 heavy (non-hydrogen) atoms. The fraction of sp³-hybridized carbons (Fsp3) is 0.478. The number of anilines is 2. The smallest absolute Gasteiger partial charge is 0.391 e. The van der Waals surface area contributed by atoms with Crippen molar-refractivity contribution in [2.24, 2.45) is 11.7 Å². The summed E-state index contributed by atoms with van der Waals surface area (Å²) in [6.07, 6.45) is -3.70. The topological polar surface area (TPSA) is 131 Å². The Morgan fingerprint density at radius 1 is 1.36 bits per heavy atom. The van der Waals surface area contributed by atoms with Crippen molar-refractivity contribution in [1.29, 1.82) is 5.26 Å². The summed E-state index contributed by atoms with van der Waals surface area (Å²) in [5, 5.41) is 22.5. The Morgan fingerprint density at radius 3 is 2.61 bits per heavy atom. The highest BCUT2D eigenvalue weighted by atomic mass is 19.4. The Balaban J connectivity index is 1.65. The zero-order valence-electron chi connectivity index (χ0n) is 19.5. The number of carbonyl (C=O) groups is 1. The molecule has 13 heteroatoms. The van der Waals surface area contributed by atoms with E-state index in [4.69, 9.17) is 11.0 Å². The predicted octanol–water partition coefficient (Wildman–Crippen LogP) is 2.13. The average molecular weight is 510 g/mol. The second-order valence-corrected chi connectivity index (χ2v) is 8.49. The minimum Gasteiger partial charge on any atom is -0.391 e. The van der Waals surface area contributed by atoms with Crippen molar-refractivity contribution in [1.82, 2.24) is 14.9 Å². The molecule has 2 heterocycles. The third kappa shape index (κ3) is 6.38. The Morgan fingerprint density at radius 2 is 2.06 bits per heavy atom. The quantitative estimate of drug-likeness (QED) is 0.438. The largest absolute Gasteiger partial charge is 0.416 e. The minimum atomic E-state index is -4.44. The highest BCUT2D eigenvalue weighted by molar-refractivity contribution is 5.82. The minimum absolute atomic E-state index is 0.0106. The second kappa shape index (κ2) is 11.5. The molecule has 0 aliphatic carbocycles. The van der Waals surface area contributed by atoms with Gasteiger partial charge in [0.25, 0.3) is 0 Å². The zero-order chi connectivity index (χ0) is 26.5. The maximum Gasteiger partial charge on any atom is 0.416 e. The van der Waals surface area contributed by atoms with E-state index >= 15 is 4.39 Å². The first-order valence-electron chi connectivity index (χ1n) is 11.3. The molecule has 9 nitrogen and oxygen atoms in total. The fourth-order valence-corrected chi connectivity index (χ4v) is 4.09. The number of amides is 1. The molecule has 0 bridgehead atoms. The molecule has 3 atom stereocenters. The molecule has 0 saturated carbocycles. The SMILES string of the molecule is CCN(Cc1ccc(C(F)(F)F)cc1)c1ncnc(NC[C@H]2CCN([C@H](C#N)C(N)=O)C[C@@H]2O)c1F. The number of aliphatic hydroxyl groups excluding tert-OH is 1. The highest BCUT2D eigenvalue weighted by Gasteiger charge is 2.34. The van der Waals surface area contributed by atoms with Crippen LogP contribution in [0.4, 0.5) is 29.2 Å². The lowest BCUT2D eigenvalue weighted by molar-refractivity contribution is -0.137. The van der Waals surface area contributed by atoms with Crippen LogP contribution in [0.2, 0.25) is 0 Å². The van der Waals surface area contributed by atoms with Crippen molar-refractivity contribution >= 4 is 17.5 Å². The molecular weight excluding hydrogens is 482 g/mol. The lowest BCUT2D eigenvalue weighted by atomic mass is 9.92. The summed E-state index contributed by atoms with van der Waals surface area (Å²) >= 11 is 0. The zero-order valence-corrected chi connectivity index (χ0v) is 19.5. The van der Waals surface area contributed by atoms with Gasteiger partial charge in [-0.25, -0.2) is 9.97 Å². The maximum absolute atomic E-state index is 15.3. The number of hydrogen-bond donors (Lipinski definition) is 3. The normalized spacial score (nSPS) is 19.4. The molecule has 1 saturated heterocycles. The number of benzene rings is 1. The first kappa shape index (κ1) is 27.1. The van der Waals surface area contributed by atoms with Crippen molar-refractivity contribution in [3.05, 3.63) is 47.5 Å². The van der Waals surface area contributed by atoms with E-state index in [0.29, 0.717) is 25.1 Å². The number of nitrogens with two attached hydrogens (primary N) is 1. The van der Waals surface area contributed by atoms with E-state index < -0.39 is 35.6 Å². The van der Waals surface area contributed by atoms with Crippen LogP contribution in [-0.4, -0.2) is 64.2 Å². The first-order chi connectivity index (χ1) is 17.0. The van der Waals surface area contributed by atoms with Gasteiger partial charge in [0.05, 0.1) is 17.7 Å². The number of piperidine rings is 1. The van der Waals surface area contributed by atoms with Crippen LogP contribution in [0.3, 0.4) is 0 Å². The summed E-state index contributed by atoms with van der Waals surface area (Å²) < 4.78 is 53.7. The molecule has 1 aliphatic heterocycles. The summed E-state index contributed by atoms with van der Waals surface area (Å²) in [5.41, 5.74) is 5.02. The Hall–Kier alpha value is -3.50. The number of aromatic nitrogens is 2. The fourth-order valence-electron chi connectivity index (χ4n) is 4.09. The molecule has 1 amide bonds. The highest BCUT2D eigenvalue weighted by Crippen LogP contribution is 2.30. The van der Waals surface area contributed by atoms with E-state index in [1.165, 1.54) is 23.4 Å². The molecule has 1 fully saturated rings. The summed E-state index contributed by atoms with van der Waals surface area (Å²) in [7, 11) is 0. The number of rotatable bonds is 9. The van der Waals surface area contributed by atoms with Gasteiger partial charge >= 0.3 is 6.18 Å². The summed E-state index contributed by atoms with van der Waals surface area (Å²) in [6.45, 7) is 2.86. The standard InChI is InChI=1S/C23H27F4N7O2/c1-2-33(11-14-3-5-16(6-4-14)23(25,26)27)22-19(24)21(31-13-32-22)30-10-15-7-8-34(12-18(15)35)17(9-28)20(29)36/h3-6,13,15,17-18,35H,2,7-8,10-12H2,1H3,(H2,29,36)(H,30,31,32)/t15-,17-,18+/m1/s1. The van der Waals surface area contributed by atoms with Gasteiger partial charge in [-0.15, -0.1) is 0 Å². The number of aliphatic hydroxyl groups is 1. The third-order valence-electron chi connectivity index (χ3n) is 6.15. The molecule has 3 rings (SSSR count). The van der Waals surface area contributed by atoms with Gasteiger partial charge in [0.2, 0.25) is 11.7 Å². The van der Waals surface area contributed by atoms with E-state index in [1.807, 2.05) is 6.07 Å². The molecule has 2 aromatic rings. The third-order valence-corrected chi connectivity index (χ3v) is 6.15. The maximum atomic E-state index is 15.3. The van der Waals surface area contributed by atoms with Crippen LogP contribution >= 0.6 is 0 Å². The van der Waals surface area contributed by atoms with Crippen LogP contribution in [0.5, 0.6) is 0 Å². The number of likely N-dealkylation sites (tertiary alicyclic amines) is 1. The van der Waals surface area contributed by atoms with Gasteiger partial charge in [-0.05, 0) is 31.0 Å². The second-order valence-electron chi connectivity index (χ2n) is 8.49. The first-order valence-corrected chi connectivity index (χ1v) is 11.3. The van der Waals surface area contributed by atoms with E-state index in [-0.39, 0.29) is 37.2 Å². The molecule has 4 N–H and O–H groups in total. The van der Waals surface area contributed by atoms with Gasteiger partial charge in [0.15, 0.2) is 17.7 Å². The lowest BCUT2D eigenvalue weighted by Gasteiger charge is -2.37. The van der Waals surface area contributed by atoms with Crippen LogP contribution < -0.4 is 16.0 Å². The summed E-state index contributed by atoms with van der Waals surface area (Å²) in [5.74, 6) is -1.89. The molecule has 1 aromatic carbocycles. The van der Waals surface area contributed by atoms with E-state index in [9.17, 15) is 23.1 Å². The number of alkyl halides is 3. The van der Waals surface area contributed by atoms with E-state index in [2.05, 4.69) is 15.3 Å². The van der Waals surface area contributed by atoms with Crippen molar-refractivity contribution in [3.8, 4) is 6.07 Å². The monoisotopic (exact) mass is 509 g/mol. The molecule has 1 aromatic heterocycles. The molecule has 0 unspecified atom stereocenters. The van der Waals surface area contributed by atoms with Crippen molar-refractivity contribution < 1.29 is 27.5 Å². The average Bonchev–Trinajstić information content (AvgIpc) is 2.83. The van der Waals surface area contributed by atoms with Gasteiger partial charge in [-0.3, -0.25) is 9.69 Å². The van der Waals surface area contributed by atoms with Crippen LogP contribution in [0.25, 0.3) is 0 Å². The number of nitrogens with one attached hydrogen (secondary N) is 1. The predicted molar refractivity (Wildman–Crippen MR) is 123 cm³/mol. The van der Waals surface area contributed by atoms with Crippen molar-refractivity contribution in [3.63, 3.8) is 0 Å². The van der Waals surface area contributed by atoms with Crippen molar-refractivity contribution in [2.45, 2.75) is 38.2 Å². The number of nitrogens with zero attached hydrogens (tertiary/aromatic N) is 5. The van der Waals surface area contributed by atoms with Gasteiger partial charge in [-0.2, -0.15) is 22.8 Å². The van der Waals surface area contributed by atoms with E-state index in [1.54, 1.807) is 11.8 Å². The van der Waals surface area contributed by atoms with E-state index in [0.717, 1.165) is 12.1 Å². The number of primary amides is 1. The number of hydrogen-bond acceptors (Lipinski definition) is 8. The van der Waals surface area contributed by atoms with Gasteiger partial charge in [0, 0.05) is 38.6 Å². The molecule has 1 aliphatic rings. The Bertz CT molecular complexity index is 1090. The van der Waals surface area contributed by atoms with Gasteiger partial charge in [-0.1, -0.05) is 12.1 Å². The lowest BCUT2D eigenvalue weighted by Crippen LogP contribution is -2.53. The number of carbonyl (C=O) groups excluding carboxylic acids is 1. The number of β-amino-alcohol motifs (C(OH)–C–C–N with tert-alkyl or cyclic N) is 1. The van der Waals surface area contributed by atoms with Gasteiger partial charge < -0.3 is 21.1 Å². The van der Waals surface area contributed by atoms with Gasteiger partial charge in [0.1, 0.15) is 6.33 Å². The van der Waals surface area contributed by atoms with Crippen LogP contribution in [0, 0.1) is 23.1 Å². The molecular formula is C23H27F4N7O2. The molecule has 0 radical (unpaired) electrons. The number of nitriles is 1. The van der Waals surface area contributed by atoms with Crippen LogP contribution in [-0.2, 0) is 17.5 Å². The number of halogens is 4. The van der Waals surface area contributed by atoms with Crippen molar-refractivity contribution in [2.75, 3.05) is 36.4 Å². The molecule has 0 spiro atoms. The Labute approximate surface area is 205 Å². The van der Waals surface area contributed by atoms with Crippen LogP contribution in [0.15, 0.2) is 30.6 Å². The summed E-state index contributed by atoms with van der Waals surface area (Å²) in [4.78, 5) is 22.5. The Kier molecular flexibility index (Phi) is 8.65.